The molecule has 2 N–H and O–H groups in total. The highest BCUT2D eigenvalue weighted by atomic mass is 16.6. The summed E-state index contributed by atoms with van der Waals surface area (Å²) in [6.45, 7) is 0. The molecule has 6 nitrogen and oxygen atoms in total. The molecule has 0 aliphatic heterocycles. The van der Waals surface area contributed by atoms with Gasteiger partial charge in [-0.1, -0.05) is 48.5 Å². The largest absolute Gasteiger partial charge is 0.431 e. The van der Waals surface area contributed by atoms with E-state index in [1.807, 2.05) is 36.4 Å². The number of nitrogens with zero attached hydrogens (tertiary/aromatic N) is 2. The van der Waals surface area contributed by atoms with E-state index >= 15 is 0 Å². The second-order valence-corrected chi connectivity index (χ2v) is 4.61. The first kappa shape index (κ1) is 14.5. The molecule has 1 amide bonds. The molecule has 0 bridgehead atoms. The number of aromatic nitrogens is 2. The smallest absolute Gasteiger partial charge is 0.409 e. The van der Waals surface area contributed by atoms with Crippen LogP contribution >= 0.6 is 0 Å². The molecule has 0 fully saturated rings. The summed E-state index contributed by atoms with van der Waals surface area (Å²) >= 11 is 0. The summed E-state index contributed by atoms with van der Waals surface area (Å²) in [7, 11) is 0. The van der Waals surface area contributed by atoms with E-state index in [1.165, 1.54) is 6.20 Å². The molecule has 0 spiro atoms. The van der Waals surface area contributed by atoms with Crippen molar-refractivity contribution in [1.82, 2.24) is 15.4 Å². The van der Waals surface area contributed by atoms with Crippen LogP contribution in [0.1, 0.15) is 0 Å². The number of nitrogens with one attached hydrogen (secondary N) is 2. The number of hydrogen-bond donors (Lipinski definition) is 2. The standard InChI is InChI=1S/C17H14N4O2/c22-17(23-14-9-5-2-6-10-14)21-20-16-12-18-15(11-19-16)13-7-3-1-4-8-13/h1-12H,(H,19,20)(H,21,22). The van der Waals surface area contributed by atoms with Crippen molar-refractivity contribution in [2.75, 3.05) is 5.43 Å². The van der Waals surface area contributed by atoms with Gasteiger partial charge in [-0.3, -0.25) is 10.4 Å². The van der Waals surface area contributed by atoms with Crippen LogP contribution in [0.3, 0.4) is 0 Å². The number of para-hydroxylation sites is 1. The Kier molecular flexibility index (Phi) is 4.44. The number of amides is 1. The summed E-state index contributed by atoms with van der Waals surface area (Å²) in [5.41, 5.74) is 6.77. The number of hydrazine groups is 1. The summed E-state index contributed by atoms with van der Waals surface area (Å²) in [5.74, 6) is 0.868. The van der Waals surface area contributed by atoms with Crippen LogP contribution in [0.4, 0.5) is 10.6 Å². The number of anilines is 1. The minimum atomic E-state index is -0.634. The molecular formula is C17H14N4O2. The molecule has 1 heterocycles. The fourth-order valence-corrected chi connectivity index (χ4v) is 1.89. The monoisotopic (exact) mass is 306 g/mol. The minimum absolute atomic E-state index is 0.412. The van der Waals surface area contributed by atoms with Gasteiger partial charge >= 0.3 is 6.09 Å². The average Bonchev–Trinajstić information content (AvgIpc) is 2.62. The van der Waals surface area contributed by atoms with E-state index in [0.717, 1.165) is 11.3 Å². The average molecular weight is 306 g/mol. The van der Waals surface area contributed by atoms with Gasteiger partial charge in [0.1, 0.15) is 5.75 Å². The summed E-state index contributed by atoms with van der Waals surface area (Å²) in [4.78, 5) is 20.1. The zero-order valence-corrected chi connectivity index (χ0v) is 12.1. The first-order valence-corrected chi connectivity index (χ1v) is 6.97. The van der Waals surface area contributed by atoms with E-state index in [4.69, 9.17) is 4.74 Å². The molecule has 114 valence electrons. The van der Waals surface area contributed by atoms with Gasteiger partial charge in [0.15, 0.2) is 5.82 Å². The normalized spacial score (nSPS) is 9.91. The van der Waals surface area contributed by atoms with Crippen LogP contribution in [0.25, 0.3) is 11.3 Å². The molecule has 0 aliphatic carbocycles. The Morgan fingerprint density at radius 2 is 1.57 bits per heavy atom. The molecule has 6 heteroatoms. The Labute approximate surface area is 133 Å². The maximum Gasteiger partial charge on any atom is 0.431 e. The number of benzene rings is 2. The van der Waals surface area contributed by atoms with Crippen molar-refractivity contribution in [2.24, 2.45) is 0 Å². The Morgan fingerprint density at radius 1 is 0.870 bits per heavy atom. The molecule has 0 radical (unpaired) electrons. The van der Waals surface area contributed by atoms with Crippen LogP contribution < -0.4 is 15.6 Å². The van der Waals surface area contributed by atoms with Gasteiger partial charge < -0.3 is 4.74 Å². The fraction of sp³-hybridized carbons (Fsp3) is 0. The number of carbonyl (C=O) groups is 1. The van der Waals surface area contributed by atoms with Crippen molar-refractivity contribution in [3.8, 4) is 17.0 Å². The minimum Gasteiger partial charge on any atom is -0.409 e. The lowest BCUT2D eigenvalue weighted by Crippen LogP contribution is -2.32. The van der Waals surface area contributed by atoms with Gasteiger partial charge in [-0.05, 0) is 12.1 Å². The van der Waals surface area contributed by atoms with Gasteiger partial charge in [0.2, 0.25) is 0 Å². The number of rotatable bonds is 4. The summed E-state index contributed by atoms with van der Waals surface area (Å²) < 4.78 is 5.07. The second kappa shape index (κ2) is 7.04. The van der Waals surface area contributed by atoms with Gasteiger partial charge in [0, 0.05) is 5.56 Å². The lowest BCUT2D eigenvalue weighted by molar-refractivity contribution is 0.203. The maximum atomic E-state index is 11.6. The summed E-state index contributed by atoms with van der Waals surface area (Å²) in [6.07, 6.45) is 2.53. The van der Waals surface area contributed by atoms with Crippen LogP contribution in [-0.4, -0.2) is 16.1 Å². The van der Waals surface area contributed by atoms with E-state index in [9.17, 15) is 4.79 Å². The highest BCUT2D eigenvalue weighted by Gasteiger charge is 2.04. The lowest BCUT2D eigenvalue weighted by atomic mass is 10.2. The van der Waals surface area contributed by atoms with Crippen LogP contribution in [0.5, 0.6) is 5.75 Å². The Morgan fingerprint density at radius 3 is 2.22 bits per heavy atom. The molecule has 0 aliphatic rings. The summed E-state index contributed by atoms with van der Waals surface area (Å²) in [5, 5.41) is 0. The van der Waals surface area contributed by atoms with Crippen LogP contribution in [0.15, 0.2) is 73.1 Å². The van der Waals surface area contributed by atoms with Crippen molar-refractivity contribution in [2.45, 2.75) is 0 Å². The predicted molar refractivity (Wildman–Crippen MR) is 86.7 cm³/mol. The van der Waals surface area contributed by atoms with Gasteiger partial charge in [0.05, 0.1) is 18.1 Å². The molecular weight excluding hydrogens is 292 g/mol. The molecule has 0 saturated carbocycles. The van der Waals surface area contributed by atoms with Gasteiger partial charge in [-0.2, -0.15) is 0 Å². The molecule has 0 saturated heterocycles. The van der Waals surface area contributed by atoms with Crippen molar-refractivity contribution in [1.29, 1.82) is 0 Å². The van der Waals surface area contributed by atoms with Crippen LogP contribution in [-0.2, 0) is 0 Å². The van der Waals surface area contributed by atoms with Crippen LogP contribution in [0, 0.1) is 0 Å². The van der Waals surface area contributed by atoms with E-state index < -0.39 is 6.09 Å². The molecule has 3 aromatic rings. The highest BCUT2D eigenvalue weighted by Crippen LogP contribution is 2.15. The maximum absolute atomic E-state index is 11.6. The third-order valence-electron chi connectivity index (χ3n) is 2.97. The first-order valence-electron chi connectivity index (χ1n) is 6.97. The van der Waals surface area contributed by atoms with Crippen LogP contribution in [0.2, 0.25) is 0 Å². The van der Waals surface area contributed by atoms with E-state index in [0.29, 0.717) is 11.6 Å². The Bertz CT molecular complexity index is 762. The Balaban J connectivity index is 1.55. The topological polar surface area (TPSA) is 76.1 Å². The van der Waals surface area contributed by atoms with E-state index in [-0.39, 0.29) is 0 Å². The van der Waals surface area contributed by atoms with Gasteiger partial charge in [0.25, 0.3) is 0 Å². The molecule has 0 unspecified atom stereocenters. The Hall–Kier alpha value is -3.41. The molecule has 2 aromatic carbocycles. The van der Waals surface area contributed by atoms with Gasteiger partial charge in [-0.15, -0.1) is 0 Å². The van der Waals surface area contributed by atoms with Crippen molar-refractivity contribution in [3.63, 3.8) is 0 Å². The predicted octanol–water partition coefficient (Wildman–Crippen LogP) is 3.26. The quantitative estimate of drug-likeness (QED) is 0.724. The molecule has 23 heavy (non-hydrogen) atoms. The highest BCUT2D eigenvalue weighted by molar-refractivity contribution is 5.71. The van der Waals surface area contributed by atoms with Crippen molar-refractivity contribution < 1.29 is 9.53 Å². The van der Waals surface area contributed by atoms with Gasteiger partial charge in [-0.25, -0.2) is 15.2 Å². The second-order valence-electron chi connectivity index (χ2n) is 4.61. The molecule has 0 atom stereocenters. The van der Waals surface area contributed by atoms with E-state index in [1.54, 1.807) is 30.5 Å². The third kappa shape index (κ3) is 4.04. The zero-order valence-electron chi connectivity index (χ0n) is 12.1. The molecule has 1 aromatic heterocycles. The number of carbonyl (C=O) groups excluding carboxylic acids is 1. The zero-order chi connectivity index (χ0) is 15.9. The fourth-order valence-electron chi connectivity index (χ4n) is 1.89. The SMILES string of the molecule is O=C(NNc1cnc(-c2ccccc2)cn1)Oc1ccccc1. The van der Waals surface area contributed by atoms with E-state index in [2.05, 4.69) is 20.8 Å². The van der Waals surface area contributed by atoms with Crippen molar-refractivity contribution >= 4 is 11.9 Å². The van der Waals surface area contributed by atoms with Crippen molar-refractivity contribution in [3.05, 3.63) is 73.1 Å². The first-order chi connectivity index (χ1) is 11.3. The summed E-state index contributed by atoms with van der Waals surface area (Å²) in [6, 6.07) is 18.5. The third-order valence-corrected chi connectivity index (χ3v) is 2.97. The lowest BCUT2D eigenvalue weighted by Gasteiger charge is -2.08. The number of hydrogen-bond acceptors (Lipinski definition) is 5. The molecule has 3 rings (SSSR count). The number of ether oxygens (including phenoxy) is 1.